The second kappa shape index (κ2) is 7.70. The van der Waals surface area contributed by atoms with E-state index >= 15 is 0 Å². The molecule has 0 unspecified atom stereocenters. The number of nitrogens with zero attached hydrogens (tertiary/aromatic N) is 4. The Hall–Kier alpha value is -2.02. The van der Waals surface area contributed by atoms with Crippen molar-refractivity contribution in [1.82, 2.24) is 25.0 Å². The maximum atomic E-state index is 12.4. The van der Waals surface area contributed by atoms with E-state index in [4.69, 9.17) is 0 Å². The first kappa shape index (κ1) is 16.8. The molecule has 1 N–H and O–H groups in total. The molecule has 1 fully saturated rings. The van der Waals surface area contributed by atoms with E-state index in [-0.39, 0.29) is 6.03 Å². The first-order chi connectivity index (χ1) is 11.6. The highest BCUT2D eigenvalue weighted by molar-refractivity contribution is 8.00. The number of amides is 2. The predicted molar refractivity (Wildman–Crippen MR) is 96.3 cm³/mol. The fourth-order valence-corrected chi connectivity index (χ4v) is 4.00. The molecule has 0 spiro atoms. The van der Waals surface area contributed by atoms with Crippen molar-refractivity contribution in [2.75, 3.05) is 18.8 Å². The molecule has 2 amide bonds. The minimum absolute atomic E-state index is 0.0205. The topological polar surface area (TPSA) is 63.1 Å². The van der Waals surface area contributed by atoms with Crippen molar-refractivity contribution < 1.29 is 4.79 Å². The molecule has 0 aliphatic carbocycles. The van der Waals surface area contributed by atoms with E-state index in [1.54, 1.807) is 11.0 Å². The highest BCUT2D eigenvalue weighted by atomic mass is 32.2. The van der Waals surface area contributed by atoms with Crippen LogP contribution < -0.4 is 5.32 Å². The van der Waals surface area contributed by atoms with E-state index < -0.39 is 0 Å². The van der Waals surface area contributed by atoms with Gasteiger partial charge in [0.05, 0.1) is 5.69 Å². The lowest BCUT2D eigenvalue weighted by atomic mass is 10.1. The van der Waals surface area contributed by atoms with Crippen molar-refractivity contribution in [3.05, 3.63) is 42.5 Å². The van der Waals surface area contributed by atoms with Gasteiger partial charge in [-0.15, -0.1) is 0 Å². The highest BCUT2D eigenvalue weighted by Gasteiger charge is 2.25. The number of benzene rings is 1. The molecule has 2 heterocycles. The van der Waals surface area contributed by atoms with Gasteiger partial charge in [-0.3, -0.25) is 0 Å². The number of nitrogens with one attached hydrogen (secondary N) is 1. The van der Waals surface area contributed by atoms with Crippen LogP contribution in [0, 0.1) is 5.92 Å². The number of urea groups is 1. The third-order valence-corrected chi connectivity index (χ3v) is 5.70. The monoisotopic (exact) mass is 345 g/mol. The highest BCUT2D eigenvalue weighted by Crippen LogP contribution is 2.24. The lowest BCUT2D eigenvalue weighted by Crippen LogP contribution is -2.47. The van der Waals surface area contributed by atoms with Crippen molar-refractivity contribution >= 4 is 17.8 Å². The molecule has 1 saturated heterocycles. The van der Waals surface area contributed by atoms with Gasteiger partial charge < -0.3 is 10.2 Å². The van der Waals surface area contributed by atoms with Gasteiger partial charge >= 0.3 is 6.03 Å². The fraction of sp³-hybridized carbons (Fsp3) is 0.471. The van der Waals surface area contributed by atoms with E-state index in [1.807, 2.05) is 40.9 Å². The van der Waals surface area contributed by atoms with Crippen LogP contribution >= 0.6 is 11.8 Å². The average Bonchev–Trinajstić information content (AvgIpc) is 3.15. The minimum Gasteiger partial charge on any atom is -0.334 e. The molecule has 7 heteroatoms. The summed E-state index contributed by atoms with van der Waals surface area (Å²) in [6, 6.07) is 7.97. The third-order valence-electron chi connectivity index (χ3n) is 4.16. The Morgan fingerprint density at radius 3 is 3.08 bits per heavy atom. The van der Waals surface area contributed by atoms with Gasteiger partial charge in [-0.1, -0.05) is 26.0 Å². The summed E-state index contributed by atoms with van der Waals surface area (Å²) in [7, 11) is 0. The second-order valence-electron chi connectivity index (χ2n) is 6.27. The van der Waals surface area contributed by atoms with Crippen LogP contribution in [0.2, 0.25) is 0 Å². The Balaban J connectivity index is 1.57. The lowest BCUT2D eigenvalue weighted by Gasteiger charge is -2.34. The number of hydrogen-bond acceptors (Lipinski definition) is 4. The van der Waals surface area contributed by atoms with Crippen molar-refractivity contribution in [1.29, 1.82) is 0 Å². The molecule has 6 nitrogen and oxygen atoms in total. The summed E-state index contributed by atoms with van der Waals surface area (Å²) in [6.45, 7) is 6.59. The summed E-state index contributed by atoms with van der Waals surface area (Å²) in [5, 5.41) is 7.69. The van der Waals surface area contributed by atoms with Crippen molar-refractivity contribution in [3.63, 3.8) is 0 Å². The van der Waals surface area contributed by atoms with Crippen LogP contribution in [0.25, 0.3) is 5.69 Å². The average molecular weight is 345 g/mol. The van der Waals surface area contributed by atoms with E-state index in [0.29, 0.717) is 17.7 Å². The normalized spacial score (nSPS) is 18.0. The summed E-state index contributed by atoms with van der Waals surface area (Å²) < 4.78 is 1.71. The quantitative estimate of drug-likeness (QED) is 0.925. The Labute approximate surface area is 146 Å². The molecule has 128 valence electrons. The number of carbonyl (C=O) groups excluding carboxylic acids is 1. The molecule has 0 radical (unpaired) electrons. The van der Waals surface area contributed by atoms with Gasteiger partial charge in [-0.2, -0.15) is 16.9 Å². The van der Waals surface area contributed by atoms with Crippen molar-refractivity contribution in [2.45, 2.75) is 25.6 Å². The molecule has 1 aromatic carbocycles. The van der Waals surface area contributed by atoms with Crippen molar-refractivity contribution in [2.24, 2.45) is 5.92 Å². The van der Waals surface area contributed by atoms with Crippen LogP contribution in [0.5, 0.6) is 0 Å². The number of hydrogen-bond donors (Lipinski definition) is 1. The third kappa shape index (κ3) is 4.08. The number of rotatable bonds is 4. The summed E-state index contributed by atoms with van der Waals surface area (Å²) in [4.78, 5) is 18.3. The molecule has 1 atom stereocenters. The van der Waals surface area contributed by atoms with Gasteiger partial charge in [0.25, 0.3) is 0 Å². The van der Waals surface area contributed by atoms with E-state index in [9.17, 15) is 4.79 Å². The van der Waals surface area contributed by atoms with Crippen LogP contribution in [-0.2, 0) is 6.54 Å². The number of carbonyl (C=O) groups is 1. The molecule has 1 aromatic heterocycles. The van der Waals surface area contributed by atoms with Gasteiger partial charge in [-0.05, 0) is 23.6 Å². The predicted octanol–water partition coefficient (Wildman–Crippen LogP) is 2.55. The largest absolute Gasteiger partial charge is 0.334 e. The van der Waals surface area contributed by atoms with Gasteiger partial charge in [0.2, 0.25) is 0 Å². The number of aromatic nitrogens is 3. The van der Waals surface area contributed by atoms with E-state index in [2.05, 4.69) is 29.2 Å². The zero-order chi connectivity index (χ0) is 16.9. The molecule has 0 bridgehead atoms. The SMILES string of the molecule is CC(C)[C@@H]1CN(C(=O)NCc2cccc(-n3cncn3)c2)CCS1. The summed E-state index contributed by atoms with van der Waals surface area (Å²) in [6.07, 6.45) is 3.17. The Kier molecular flexibility index (Phi) is 5.40. The molecule has 2 aromatic rings. The molecule has 1 aliphatic heterocycles. The van der Waals surface area contributed by atoms with Gasteiger partial charge in [0, 0.05) is 30.6 Å². The van der Waals surface area contributed by atoms with Gasteiger partial charge in [0.1, 0.15) is 12.7 Å². The molecule has 3 rings (SSSR count). The molecular formula is C17H23N5OS. The van der Waals surface area contributed by atoms with Gasteiger partial charge in [0.15, 0.2) is 0 Å². The first-order valence-electron chi connectivity index (χ1n) is 8.22. The summed E-state index contributed by atoms with van der Waals surface area (Å²) in [5.74, 6) is 1.60. The smallest absolute Gasteiger partial charge is 0.317 e. The molecule has 0 saturated carbocycles. The Morgan fingerprint density at radius 1 is 1.46 bits per heavy atom. The van der Waals surface area contributed by atoms with E-state index in [0.717, 1.165) is 30.1 Å². The fourth-order valence-electron chi connectivity index (χ4n) is 2.70. The first-order valence-corrected chi connectivity index (χ1v) is 9.26. The zero-order valence-electron chi connectivity index (χ0n) is 14.1. The standard InChI is InChI=1S/C17H23N5OS/c1-13(2)16-10-21(6-7-24-16)17(23)19-9-14-4-3-5-15(8-14)22-12-18-11-20-22/h3-5,8,11-13,16H,6-7,9-10H2,1-2H3,(H,19,23)/t16-/m0/s1. The maximum Gasteiger partial charge on any atom is 0.317 e. The van der Waals surface area contributed by atoms with E-state index in [1.165, 1.54) is 6.33 Å². The van der Waals surface area contributed by atoms with Crippen LogP contribution in [0.1, 0.15) is 19.4 Å². The van der Waals surface area contributed by atoms with Crippen molar-refractivity contribution in [3.8, 4) is 5.69 Å². The number of thioether (sulfide) groups is 1. The van der Waals surface area contributed by atoms with Crippen LogP contribution in [0.15, 0.2) is 36.9 Å². The molecule has 1 aliphatic rings. The molecular weight excluding hydrogens is 322 g/mol. The van der Waals surface area contributed by atoms with Gasteiger partial charge in [-0.25, -0.2) is 14.5 Å². The summed E-state index contributed by atoms with van der Waals surface area (Å²) in [5.41, 5.74) is 1.98. The Bertz CT molecular complexity index is 673. The van der Waals surface area contributed by atoms with Crippen LogP contribution in [0.3, 0.4) is 0 Å². The second-order valence-corrected chi connectivity index (χ2v) is 7.62. The van der Waals surface area contributed by atoms with Crippen LogP contribution in [0.4, 0.5) is 4.79 Å². The van der Waals surface area contributed by atoms with Crippen LogP contribution in [-0.4, -0.2) is 49.8 Å². The Morgan fingerprint density at radius 2 is 2.33 bits per heavy atom. The molecule has 24 heavy (non-hydrogen) atoms. The lowest BCUT2D eigenvalue weighted by molar-refractivity contribution is 0.196. The minimum atomic E-state index is 0.0205. The zero-order valence-corrected chi connectivity index (χ0v) is 14.9. The summed E-state index contributed by atoms with van der Waals surface area (Å²) >= 11 is 1.97. The maximum absolute atomic E-state index is 12.4.